The van der Waals surface area contributed by atoms with Crippen molar-refractivity contribution in [3.05, 3.63) is 54.1 Å². The number of hydrogen-bond donors (Lipinski definition) is 2. The standard InChI is InChI=1S/C18H16F3N3O4S/c1-24(10-15-16(25)23-17(26)22-15)29(27)14-8-6-13(7-9-14)28-12-4-2-11(3-5-12)18(19,20)21/h2-9,15H,10H2,1H3,(H2,22,23,25,26)/t15-,29?/m0/s1. The predicted octanol–water partition coefficient (Wildman–Crippen LogP) is 2.66. The van der Waals surface area contributed by atoms with Crippen LogP contribution in [0, 0.1) is 0 Å². The van der Waals surface area contributed by atoms with Crippen molar-refractivity contribution in [1.29, 1.82) is 0 Å². The van der Waals surface area contributed by atoms with Gasteiger partial charge in [-0.25, -0.2) is 13.3 Å². The van der Waals surface area contributed by atoms with Crippen LogP contribution >= 0.6 is 0 Å². The van der Waals surface area contributed by atoms with E-state index in [-0.39, 0.29) is 12.3 Å². The van der Waals surface area contributed by atoms with Gasteiger partial charge in [-0.2, -0.15) is 13.2 Å². The zero-order valence-corrected chi connectivity index (χ0v) is 15.8. The molecule has 2 aromatic rings. The SMILES string of the molecule is CN(C[C@@H]1NC(=O)NC1=O)S(=O)c1ccc(Oc2ccc(C(F)(F)F)cc2)cc1. The molecule has 1 unspecified atom stereocenters. The lowest BCUT2D eigenvalue weighted by molar-refractivity contribution is -0.137. The molecule has 7 nitrogen and oxygen atoms in total. The van der Waals surface area contributed by atoms with Crippen molar-refractivity contribution in [1.82, 2.24) is 14.9 Å². The number of alkyl halides is 3. The van der Waals surface area contributed by atoms with Gasteiger partial charge in [-0.15, -0.1) is 0 Å². The van der Waals surface area contributed by atoms with Crippen LogP contribution in [0.15, 0.2) is 53.4 Å². The normalized spacial score (nSPS) is 17.8. The Balaban J connectivity index is 1.61. The van der Waals surface area contributed by atoms with Gasteiger partial charge in [-0.3, -0.25) is 10.1 Å². The van der Waals surface area contributed by atoms with Gasteiger partial charge in [0.05, 0.1) is 10.5 Å². The Labute approximate surface area is 166 Å². The number of carbonyl (C=O) groups is 2. The van der Waals surface area contributed by atoms with Crippen molar-refractivity contribution in [3.63, 3.8) is 0 Å². The van der Waals surface area contributed by atoms with Crippen LogP contribution in [0.3, 0.4) is 0 Å². The highest BCUT2D eigenvalue weighted by Gasteiger charge is 2.32. The lowest BCUT2D eigenvalue weighted by atomic mass is 10.2. The summed E-state index contributed by atoms with van der Waals surface area (Å²) >= 11 is 0. The summed E-state index contributed by atoms with van der Waals surface area (Å²) in [5.74, 6) is 0.0988. The molecule has 0 spiro atoms. The molecular weight excluding hydrogens is 411 g/mol. The Hall–Kier alpha value is -2.92. The van der Waals surface area contributed by atoms with Gasteiger partial charge in [-0.1, -0.05) is 0 Å². The first kappa shape index (κ1) is 20.8. The third-order valence-corrected chi connectivity index (χ3v) is 5.41. The molecule has 1 aliphatic rings. The van der Waals surface area contributed by atoms with Crippen LogP contribution in [0.2, 0.25) is 0 Å². The maximum absolute atomic E-state index is 12.6. The van der Waals surface area contributed by atoms with Gasteiger partial charge < -0.3 is 10.1 Å². The molecule has 29 heavy (non-hydrogen) atoms. The zero-order chi connectivity index (χ0) is 21.2. The fourth-order valence-electron chi connectivity index (χ4n) is 2.56. The highest BCUT2D eigenvalue weighted by atomic mass is 32.2. The number of rotatable bonds is 6. The van der Waals surface area contributed by atoms with E-state index in [1.165, 1.54) is 28.6 Å². The highest BCUT2D eigenvalue weighted by molar-refractivity contribution is 7.82. The van der Waals surface area contributed by atoms with Crippen LogP contribution in [-0.4, -0.2) is 40.1 Å². The van der Waals surface area contributed by atoms with E-state index in [2.05, 4.69) is 10.6 Å². The second-order valence-corrected chi connectivity index (χ2v) is 7.76. The van der Waals surface area contributed by atoms with Gasteiger partial charge in [0, 0.05) is 13.6 Å². The van der Waals surface area contributed by atoms with Gasteiger partial charge in [0.25, 0.3) is 5.91 Å². The monoisotopic (exact) mass is 427 g/mol. The zero-order valence-electron chi connectivity index (χ0n) is 15.0. The number of likely N-dealkylation sites (N-methyl/N-ethyl adjacent to an activating group) is 1. The molecular formula is C18H16F3N3O4S. The predicted molar refractivity (Wildman–Crippen MR) is 97.5 cm³/mol. The Bertz CT molecular complexity index is 933. The summed E-state index contributed by atoms with van der Waals surface area (Å²) in [6, 6.07) is 9.03. The average molecular weight is 427 g/mol. The Morgan fingerprint density at radius 3 is 2.07 bits per heavy atom. The van der Waals surface area contributed by atoms with Crippen LogP contribution in [0.5, 0.6) is 11.5 Å². The molecule has 2 N–H and O–H groups in total. The molecule has 1 aliphatic heterocycles. The fraction of sp³-hybridized carbons (Fsp3) is 0.222. The molecule has 11 heteroatoms. The van der Waals surface area contributed by atoms with E-state index >= 15 is 0 Å². The highest BCUT2D eigenvalue weighted by Crippen LogP contribution is 2.31. The summed E-state index contributed by atoms with van der Waals surface area (Å²) in [7, 11) is -0.0546. The van der Waals surface area contributed by atoms with Gasteiger partial charge in [0.2, 0.25) is 0 Å². The van der Waals surface area contributed by atoms with Crippen molar-refractivity contribution in [2.24, 2.45) is 0 Å². The number of amides is 3. The van der Waals surface area contributed by atoms with Crippen LogP contribution in [0.4, 0.5) is 18.0 Å². The molecule has 0 aromatic heterocycles. The molecule has 3 rings (SSSR count). The Morgan fingerprint density at radius 2 is 1.59 bits per heavy atom. The smallest absolute Gasteiger partial charge is 0.416 e. The first-order valence-corrected chi connectivity index (χ1v) is 9.44. The molecule has 154 valence electrons. The lowest BCUT2D eigenvalue weighted by Gasteiger charge is -2.18. The minimum Gasteiger partial charge on any atom is -0.457 e. The maximum atomic E-state index is 12.6. The Morgan fingerprint density at radius 1 is 1.03 bits per heavy atom. The molecule has 1 heterocycles. The van der Waals surface area contributed by atoms with Gasteiger partial charge in [0.15, 0.2) is 0 Å². The van der Waals surface area contributed by atoms with Crippen LogP contribution in [0.25, 0.3) is 0 Å². The van der Waals surface area contributed by atoms with Crippen LogP contribution in [-0.2, 0) is 22.0 Å². The van der Waals surface area contributed by atoms with Gasteiger partial charge in [-0.05, 0) is 48.5 Å². The van der Waals surface area contributed by atoms with Crippen molar-refractivity contribution in [2.45, 2.75) is 17.1 Å². The molecule has 1 fully saturated rings. The first-order chi connectivity index (χ1) is 13.6. The average Bonchev–Trinajstić information content (AvgIpc) is 2.98. The van der Waals surface area contributed by atoms with E-state index in [9.17, 15) is 27.0 Å². The number of urea groups is 1. The molecule has 1 saturated heterocycles. The van der Waals surface area contributed by atoms with Crippen LogP contribution in [0.1, 0.15) is 5.56 Å². The van der Waals surface area contributed by atoms with Gasteiger partial charge >= 0.3 is 12.2 Å². The largest absolute Gasteiger partial charge is 0.457 e. The molecule has 3 amide bonds. The molecule has 0 radical (unpaired) electrons. The molecule has 2 aromatic carbocycles. The van der Waals surface area contributed by atoms with E-state index in [0.717, 1.165) is 12.1 Å². The van der Waals surface area contributed by atoms with E-state index < -0.39 is 40.7 Å². The number of carbonyl (C=O) groups excluding carboxylic acids is 2. The van der Waals surface area contributed by atoms with Crippen LogP contribution < -0.4 is 15.4 Å². The molecule has 2 atom stereocenters. The van der Waals surface area contributed by atoms with Crippen molar-refractivity contribution in [3.8, 4) is 11.5 Å². The summed E-state index contributed by atoms with van der Waals surface area (Å²) < 4.78 is 57.2. The number of nitrogens with zero attached hydrogens (tertiary/aromatic N) is 1. The minimum absolute atomic E-state index is 0.0496. The van der Waals surface area contributed by atoms with E-state index in [1.807, 2.05) is 0 Å². The van der Waals surface area contributed by atoms with Crippen molar-refractivity contribution >= 4 is 22.9 Å². The first-order valence-electron chi connectivity index (χ1n) is 8.33. The summed E-state index contributed by atoms with van der Waals surface area (Å²) in [6.45, 7) is 0.0496. The Kier molecular flexibility index (Phi) is 5.89. The van der Waals surface area contributed by atoms with E-state index in [0.29, 0.717) is 10.6 Å². The number of imide groups is 1. The second kappa shape index (κ2) is 8.21. The van der Waals surface area contributed by atoms with Gasteiger partial charge in [0.1, 0.15) is 28.5 Å². The lowest BCUT2D eigenvalue weighted by Crippen LogP contribution is -2.40. The summed E-state index contributed by atoms with van der Waals surface area (Å²) in [5, 5.41) is 4.52. The van der Waals surface area contributed by atoms with Crippen molar-refractivity contribution < 1.29 is 31.7 Å². The maximum Gasteiger partial charge on any atom is 0.416 e. The molecule has 0 bridgehead atoms. The number of benzene rings is 2. The quantitative estimate of drug-likeness (QED) is 0.694. The minimum atomic E-state index is -4.42. The number of nitrogens with one attached hydrogen (secondary N) is 2. The molecule has 0 aliphatic carbocycles. The van der Waals surface area contributed by atoms with Crippen molar-refractivity contribution in [2.75, 3.05) is 13.6 Å². The molecule has 0 saturated carbocycles. The number of hydrogen-bond acceptors (Lipinski definition) is 4. The number of ether oxygens (including phenoxy) is 1. The van der Waals surface area contributed by atoms with E-state index in [1.54, 1.807) is 19.2 Å². The third-order valence-electron chi connectivity index (χ3n) is 4.02. The third kappa shape index (κ3) is 5.12. The fourth-order valence-corrected chi connectivity index (χ4v) is 3.58. The van der Waals surface area contributed by atoms with E-state index in [4.69, 9.17) is 4.74 Å². The summed E-state index contributed by atoms with van der Waals surface area (Å²) in [4.78, 5) is 23.1. The summed E-state index contributed by atoms with van der Waals surface area (Å²) in [6.07, 6.45) is -4.42. The second-order valence-electron chi connectivity index (χ2n) is 6.17. The number of halogens is 3. The summed E-state index contributed by atoms with van der Waals surface area (Å²) in [5.41, 5.74) is -0.772. The topological polar surface area (TPSA) is 87.7 Å².